The van der Waals surface area contributed by atoms with Crippen LogP contribution in [0, 0.1) is 0 Å². The summed E-state index contributed by atoms with van der Waals surface area (Å²) >= 11 is 2.51. The summed E-state index contributed by atoms with van der Waals surface area (Å²) in [6.07, 6.45) is 2.69. The van der Waals surface area contributed by atoms with Crippen molar-refractivity contribution in [2.24, 2.45) is 0 Å². The van der Waals surface area contributed by atoms with Crippen molar-refractivity contribution >= 4 is 53.8 Å². The second-order valence-electron chi connectivity index (χ2n) is 5.39. The van der Waals surface area contributed by atoms with Crippen molar-refractivity contribution in [3.8, 4) is 10.8 Å². The van der Waals surface area contributed by atoms with Crippen molar-refractivity contribution in [2.75, 3.05) is 11.6 Å². The van der Waals surface area contributed by atoms with Gasteiger partial charge >= 0.3 is 0 Å². The number of amides is 1. The van der Waals surface area contributed by atoms with E-state index in [1.165, 1.54) is 28.7 Å². The number of fused-ring (bicyclic) bond motifs is 1. The first-order valence-electron chi connectivity index (χ1n) is 7.31. The van der Waals surface area contributed by atoms with Gasteiger partial charge in [-0.1, -0.05) is 11.3 Å². The molecule has 0 unspecified atom stereocenters. The van der Waals surface area contributed by atoms with Crippen molar-refractivity contribution in [3.63, 3.8) is 0 Å². The number of benzene rings is 1. The van der Waals surface area contributed by atoms with Crippen molar-refractivity contribution in [1.82, 2.24) is 9.97 Å². The van der Waals surface area contributed by atoms with Gasteiger partial charge in [-0.25, -0.2) is 18.4 Å². The lowest BCUT2D eigenvalue weighted by Gasteiger charge is -1.96. The van der Waals surface area contributed by atoms with Gasteiger partial charge in [0.15, 0.2) is 25.7 Å². The number of anilines is 1. The Kier molecular flexibility index (Phi) is 4.10. The topological polar surface area (TPSA) is 102 Å². The molecule has 0 atom stereocenters. The number of nitrogens with zero attached hydrogens (tertiary/aromatic N) is 2. The molecule has 1 aromatic carbocycles. The number of carbonyl (C=O) groups is 1. The molecule has 0 spiro atoms. The summed E-state index contributed by atoms with van der Waals surface area (Å²) in [6, 6.07) is 8.19. The van der Waals surface area contributed by atoms with Crippen LogP contribution in [-0.2, 0) is 9.84 Å². The molecule has 10 heteroatoms. The molecule has 3 heterocycles. The van der Waals surface area contributed by atoms with Crippen LogP contribution in [0.1, 0.15) is 10.5 Å². The second-order valence-corrected chi connectivity index (χ2v) is 9.29. The number of rotatable bonds is 4. The molecule has 0 saturated carbocycles. The largest absolute Gasteiger partial charge is 0.462 e. The van der Waals surface area contributed by atoms with E-state index in [9.17, 15) is 13.2 Å². The summed E-state index contributed by atoms with van der Waals surface area (Å²) in [5.74, 6) is 0.212. The van der Waals surface area contributed by atoms with Crippen LogP contribution in [0.2, 0.25) is 0 Å². The van der Waals surface area contributed by atoms with Gasteiger partial charge in [0.05, 0.1) is 21.4 Å². The van der Waals surface area contributed by atoms with E-state index in [2.05, 4.69) is 15.3 Å². The first-order chi connectivity index (χ1) is 12.4. The fourth-order valence-corrected chi connectivity index (χ4v) is 4.63. The third-order valence-corrected chi connectivity index (χ3v) is 6.38. The number of carbonyl (C=O) groups excluding carboxylic acids is 1. The first-order valence-corrected chi connectivity index (χ1v) is 10.9. The van der Waals surface area contributed by atoms with Gasteiger partial charge in [-0.3, -0.25) is 10.1 Å². The Balaban J connectivity index is 1.58. The number of aromatic nitrogens is 2. The van der Waals surface area contributed by atoms with E-state index < -0.39 is 9.84 Å². The molecule has 132 valence electrons. The van der Waals surface area contributed by atoms with Crippen molar-refractivity contribution in [3.05, 3.63) is 47.7 Å². The summed E-state index contributed by atoms with van der Waals surface area (Å²) in [5, 5.41) is 5.33. The van der Waals surface area contributed by atoms with Crippen LogP contribution in [0.15, 0.2) is 51.3 Å². The molecule has 0 saturated heterocycles. The number of hydrogen-bond donors (Lipinski definition) is 1. The molecule has 4 rings (SSSR count). The highest BCUT2D eigenvalue weighted by Gasteiger charge is 2.16. The second kappa shape index (κ2) is 6.31. The molecule has 1 amide bonds. The maximum atomic E-state index is 12.4. The molecule has 3 aromatic heterocycles. The normalized spacial score (nSPS) is 11.7. The van der Waals surface area contributed by atoms with E-state index in [1.54, 1.807) is 35.9 Å². The van der Waals surface area contributed by atoms with E-state index in [1.807, 2.05) is 0 Å². The van der Waals surface area contributed by atoms with Crippen LogP contribution in [0.4, 0.5) is 5.13 Å². The van der Waals surface area contributed by atoms with Gasteiger partial charge in [-0.05, 0) is 30.3 Å². The maximum Gasteiger partial charge on any atom is 0.276 e. The van der Waals surface area contributed by atoms with Crippen molar-refractivity contribution in [2.45, 2.75) is 4.90 Å². The van der Waals surface area contributed by atoms with E-state index in [-0.39, 0.29) is 16.5 Å². The van der Waals surface area contributed by atoms with Gasteiger partial charge in [0, 0.05) is 11.6 Å². The molecule has 0 aliphatic carbocycles. The Morgan fingerprint density at radius 3 is 2.81 bits per heavy atom. The minimum atomic E-state index is -3.30. The van der Waals surface area contributed by atoms with Gasteiger partial charge < -0.3 is 4.42 Å². The van der Waals surface area contributed by atoms with Gasteiger partial charge in [0.2, 0.25) is 0 Å². The number of furan rings is 1. The zero-order valence-electron chi connectivity index (χ0n) is 13.3. The summed E-state index contributed by atoms with van der Waals surface area (Å²) in [4.78, 5) is 21.2. The SMILES string of the molecule is CS(=O)(=O)c1ccc2nc(NC(=O)c3csc(-c4ccco4)n3)sc2c1. The van der Waals surface area contributed by atoms with Crippen molar-refractivity contribution in [1.29, 1.82) is 0 Å². The average Bonchev–Trinajstić information content (AvgIpc) is 3.32. The quantitative estimate of drug-likeness (QED) is 0.556. The number of thiazole rings is 2. The summed E-state index contributed by atoms with van der Waals surface area (Å²) in [5.41, 5.74) is 0.879. The standard InChI is InChI=1S/C16H11N3O4S3/c1-26(21,22)9-4-5-10-13(7-9)25-16(18-10)19-14(20)11-8-24-15(17-11)12-3-2-6-23-12/h2-8H,1H3,(H,18,19,20). The predicted molar refractivity (Wildman–Crippen MR) is 100 cm³/mol. The van der Waals surface area contributed by atoms with E-state index in [4.69, 9.17) is 4.42 Å². The van der Waals surface area contributed by atoms with Crippen LogP contribution < -0.4 is 5.32 Å². The molecule has 1 N–H and O–H groups in total. The molecule has 0 radical (unpaired) electrons. The van der Waals surface area contributed by atoms with Crippen LogP contribution >= 0.6 is 22.7 Å². The maximum absolute atomic E-state index is 12.4. The van der Waals surface area contributed by atoms with Gasteiger partial charge in [0.1, 0.15) is 5.69 Å². The molecule has 0 fully saturated rings. The van der Waals surface area contributed by atoms with Crippen LogP contribution in [-0.4, -0.2) is 30.5 Å². The molecule has 0 aliphatic heterocycles. The third-order valence-electron chi connectivity index (χ3n) is 3.48. The molecule has 0 bridgehead atoms. The van der Waals surface area contributed by atoms with E-state index >= 15 is 0 Å². The molecule has 0 aliphatic rings. The molecular weight excluding hydrogens is 394 g/mol. The molecule has 4 aromatic rings. The number of hydrogen-bond acceptors (Lipinski definition) is 8. The van der Waals surface area contributed by atoms with Crippen molar-refractivity contribution < 1.29 is 17.6 Å². The number of sulfone groups is 1. The van der Waals surface area contributed by atoms with E-state index in [0.717, 1.165) is 6.26 Å². The fourth-order valence-electron chi connectivity index (χ4n) is 2.24. The monoisotopic (exact) mass is 405 g/mol. The molecular formula is C16H11N3O4S3. The molecule has 7 nitrogen and oxygen atoms in total. The Hall–Kier alpha value is -2.56. The van der Waals surface area contributed by atoms with Crippen LogP contribution in [0.5, 0.6) is 0 Å². The highest BCUT2D eigenvalue weighted by molar-refractivity contribution is 7.90. The smallest absolute Gasteiger partial charge is 0.276 e. The van der Waals surface area contributed by atoms with Gasteiger partial charge in [-0.2, -0.15) is 0 Å². The van der Waals surface area contributed by atoms with Crippen LogP contribution in [0.3, 0.4) is 0 Å². The zero-order valence-corrected chi connectivity index (χ0v) is 15.7. The lowest BCUT2D eigenvalue weighted by atomic mass is 10.3. The molecule has 26 heavy (non-hydrogen) atoms. The predicted octanol–water partition coefficient (Wildman–Crippen LogP) is 3.67. The Morgan fingerprint density at radius 2 is 2.08 bits per heavy atom. The number of nitrogens with one attached hydrogen (secondary N) is 1. The summed E-state index contributed by atoms with van der Waals surface area (Å²) < 4.78 is 29.2. The zero-order chi connectivity index (χ0) is 18.3. The minimum absolute atomic E-state index is 0.217. The highest BCUT2D eigenvalue weighted by Crippen LogP contribution is 2.29. The Labute approximate surface area is 156 Å². The average molecular weight is 405 g/mol. The summed E-state index contributed by atoms with van der Waals surface area (Å²) in [6.45, 7) is 0. The lowest BCUT2D eigenvalue weighted by molar-refractivity contribution is 0.102. The van der Waals surface area contributed by atoms with Gasteiger partial charge in [-0.15, -0.1) is 11.3 Å². The Bertz CT molecular complexity index is 1210. The minimum Gasteiger partial charge on any atom is -0.462 e. The van der Waals surface area contributed by atoms with E-state index in [0.29, 0.717) is 26.1 Å². The highest BCUT2D eigenvalue weighted by atomic mass is 32.2. The van der Waals surface area contributed by atoms with Gasteiger partial charge in [0.25, 0.3) is 5.91 Å². The lowest BCUT2D eigenvalue weighted by Crippen LogP contribution is -2.11. The third kappa shape index (κ3) is 3.26. The first kappa shape index (κ1) is 16.9. The van der Waals surface area contributed by atoms with Crippen LogP contribution in [0.25, 0.3) is 21.0 Å². The fraction of sp³-hybridized carbons (Fsp3) is 0.0625. The Morgan fingerprint density at radius 1 is 1.23 bits per heavy atom. The summed E-state index contributed by atoms with van der Waals surface area (Å²) in [7, 11) is -3.30.